The van der Waals surface area contributed by atoms with Crippen LogP contribution in [0.2, 0.25) is 0 Å². The van der Waals surface area contributed by atoms with E-state index in [-0.39, 0.29) is 11.5 Å². The fourth-order valence-corrected chi connectivity index (χ4v) is 1.82. The van der Waals surface area contributed by atoms with Crippen molar-refractivity contribution < 1.29 is 14.7 Å². The van der Waals surface area contributed by atoms with Gasteiger partial charge in [-0.1, -0.05) is 25.1 Å². The topological polar surface area (TPSA) is 66.4 Å². The van der Waals surface area contributed by atoms with Gasteiger partial charge in [-0.25, -0.2) is 4.79 Å². The third-order valence-corrected chi connectivity index (χ3v) is 2.99. The second-order valence-electron chi connectivity index (χ2n) is 4.39. The maximum Gasteiger partial charge on any atom is 0.335 e. The molecule has 0 bridgehead atoms. The van der Waals surface area contributed by atoms with E-state index in [1.54, 1.807) is 12.1 Å². The van der Waals surface area contributed by atoms with E-state index in [0.717, 1.165) is 6.42 Å². The van der Waals surface area contributed by atoms with Crippen LogP contribution in [0.15, 0.2) is 48.5 Å². The largest absolute Gasteiger partial charge is 0.478 e. The lowest BCUT2D eigenvalue weighted by Crippen LogP contribution is -2.12. The van der Waals surface area contributed by atoms with Crippen LogP contribution in [0.1, 0.15) is 33.2 Å². The number of anilines is 1. The predicted octanol–water partition coefficient (Wildman–Crippen LogP) is 3.20. The van der Waals surface area contributed by atoms with Gasteiger partial charge in [0.1, 0.15) is 0 Å². The molecular formula is C16H15NO3. The zero-order chi connectivity index (χ0) is 14.5. The highest BCUT2D eigenvalue weighted by molar-refractivity contribution is 6.05. The number of rotatable bonds is 4. The molecule has 4 nitrogen and oxygen atoms in total. The van der Waals surface area contributed by atoms with Gasteiger partial charge in [0.15, 0.2) is 0 Å². The van der Waals surface area contributed by atoms with Crippen molar-refractivity contribution in [2.75, 3.05) is 5.32 Å². The summed E-state index contributed by atoms with van der Waals surface area (Å²) in [6.07, 6.45) is 0.939. The Morgan fingerprint density at radius 2 is 1.70 bits per heavy atom. The van der Waals surface area contributed by atoms with Crippen molar-refractivity contribution in [3.05, 3.63) is 65.2 Å². The second-order valence-corrected chi connectivity index (χ2v) is 4.39. The third kappa shape index (κ3) is 3.23. The molecule has 0 spiro atoms. The molecule has 20 heavy (non-hydrogen) atoms. The average Bonchev–Trinajstić information content (AvgIpc) is 2.48. The van der Waals surface area contributed by atoms with E-state index in [1.165, 1.54) is 17.7 Å². The molecule has 0 aliphatic rings. The molecule has 2 rings (SSSR count). The molecule has 2 aromatic rings. The average molecular weight is 269 g/mol. The first-order valence-corrected chi connectivity index (χ1v) is 6.34. The van der Waals surface area contributed by atoms with Gasteiger partial charge in [-0.3, -0.25) is 4.79 Å². The lowest BCUT2D eigenvalue weighted by Gasteiger charge is -2.06. The van der Waals surface area contributed by atoms with E-state index in [2.05, 4.69) is 12.2 Å². The van der Waals surface area contributed by atoms with Crippen LogP contribution in [-0.2, 0) is 6.42 Å². The number of carboxylic acid groups (broad SMARTS) is 1. The molecule has 0 unspecified atom stereocenters. The minimum Gasteiger partial charge on any atom is -0.478 e. The molecule has 0 aromatic heterocycles. The highest BCUT2D eigenvalue weighted by atomic mass is 16.4. The Kier molecular flexibility index (Phi) is 4.15. The Labute approximate surface area is 117 Å². The summed E-state index contributed by atoms with van der Waals surface area (Å²) in [5, 5.41) is 11.7. The van der Waals surface area contributed by atoms with Gasteiger partial charge in [-0.2, -0.15) is 0 Å². The molecule has 4 heteroatoms. The first kappa shape index (κ1) is 13.8. The Hall–Kier alpha value is -2.62. The van der Waals surface area contributed by atoms with Crippen LogP contribution in [0.4, 0.5) is 5.69 Å². The van der Waals surface area contributed by atoms with Crippen molar-refractivity contribution in [1.29, 1.82) is 0 Å². The highest BCUT2D eigenvalue weighted by Gasteiger charge is 2.09. The monoisotopic (exact) mass is 269 g/mol. The summed E-state index contributed by atoms with van der Waals surface area (Å²) in [6, 6.07) is 13.5. The van der Waals surface area contributed by atoms with Gasteiger partial charge in [-0.15, -0.1) is 0 Å². The molecule has 0 atom stereocenters. The summed E-state index contributed by atoms with van der Waals surface area (Å²) >= 11 is 0. The minimum atomic E-state index is -1.05. The normalized spacial score (nSPS) is 10.1. The standard InChI is InChI=1S/C16H15NO3/c1-2-11-6-8-14(9-7-11)17-15(18)12-4-3-5-13(10-12)16(19)20/h3-10H,2H2,1H3,(H,17,18)(H,19,20). The Balaban J connectivity index is 2.14. The van der Waals surface area contributed by atoms with Crippen LogP contribution < -0.4 is 5.32 Å². The summed E-state index contributed by atoms with van der Waals surface area (Å²) in [7, 11) is 0. The Bertz CT molecular complexity index is 632. The van der Waals surface area contributed by atoms with E-state index >= 15 is 0 Å². The van der Waals surface area contributed by atoms with Crippen molar-refractivity contribution in [3.8, 4) is 0 Å². The van der Waals surface area contributed by atoms with Gasteiger partial charge in [-0.05, 0) is 42.3 Å². The van der Waals surface area contributed by atoms with Gasteiger partial charge in [0.05, 0.1) is 5.56 Å². The molecule has 1 amide bonds. The number of carboxylic acids is 1. The predicted molar refractivity (Wildman–Crippen MR) is 77.2 cm³/mol. The Morgan fingerprint density at radius 3 is 2.30 bits per heavy atom. The van der Waals surface area contributed by atoms with Gasteiger partial charge >= 0.3 is 5.97 Å². The van der Waals surface area contributed by atoms with E-state index in [1.807, 2.05) is 24.3 Å². The fraction of sp³-hybridized carbons (Fsp3) is 0.125. The molecule has 0 saturated carbocycles. The van der Waals surface area contributed by atoms with E-state index in [9.17, 15) is 9.59 Å². The second kappa shape index (κ2) is 6.02. The van der Waals surface area contributed by atoms with Crippen molar-refractivity contribution in [2.45, 2.75) is 13.3 Å². The number of benzene rings is 2. The molecule has 0 saturated heterocycles. The third-order valence-electron chi connectivity index (χ3n) is 2.99. The van der Waals surface area contributed by atoms with Crippen LogP contribution in [-0.4, -0.2) is 17.0 Å². The van der Waals surface area contributed by atoms with E-state index in [0.29, 0.717) is 11.3 Å². The molecule has 102 valence electrons. The first-order valence-electron chi connectivity index (χ1n) is 6.34. The number of aromatic carboxylic acids is 1. The molecule has 2 aromatic carbocycles. The number of hydrogen-bond acceptors (Lipinski definition) is 2. The summed E-state index contributed by atoms with van der Waals surface area (Å²) in [5.74, 6) is -1.37. The molecular weight excluding hydrogens is 254 g/mol. The van der Waals surface area contributed by atoms with Gasteiger partial charge in [0, 0.05) is 11.3 Å². The van der Waals surface area contributed by atoms with Crippen LogP contribution in [0.3, 0.4) is 0 Å². The zero-order valence-corrected chi connectivity index (χ0v) is 11.1. The quantitative estimate of drug-likeness (QED) is 0.895. The summed E-state index contributed by atoms with van der Waals surface area (Å²) < 4.78 is 0. The van der Waals surface area contributed by atoms with Crippen molar-refractivity contribution in [1.82, 2.24) is 0 Å². The van der Waals surface area contributed by atoms with Gasteiger partial charge in [0.25, 0.3) is 5.91 Å². The zero-order valence-electron chi connectivity index (χ0n) is 11.1. The van der Waals surface area contributed by atoms with Gasteiger partial charge < -0.3 is 10.4 Å². The molecule has 0 heterocycles. The van der Waals surface area contributed by atoms with Crippen LogP contribution in [0.5, 0.6) is 0 Å². The number of nitrogens with one attached hydrogen (secondary N) is 1. The van der Waals surface area contributed by atoms with Crippen LogP contribution >= 0.6 is 0 Å². The number of aryl methyl sites for hydroxylation is 1. The molecule has 0 fully saturated rings. The minimum absolute atomic E-state index is 0.0963. The first-order chi connectivity index (χ1) is 9.60. The molecule has 0 aliphatic carbocycles. The van der Waals surface area contributed by atoms with Crippen molar-refractivity contribution in [3.63, 3.8) is 0 Å². The Morgan fingerprint density at radius 1 is 1.05 bits per heavy atom. The number of carbonyl (C=O) groups is 2. The van der Waals surface area contributed by atoms with Crippen LogP contribution in [0.25, 0.3) is 0 Å². The van der Waals surface area contributed by atoms with Crippen LogP contribution in [0, 0.1) is 0 Å². The summed E-state index contributed by atoms with van der Waals surface area (Å²) in [5.41, 5.74) is 2.30. The fourth-order valence-electron chi connectivity index (χ4n) is 1.82. The highest BCUT2D eigenvalue weighted by Crippen LogP contribution is 2.12. The van der Waals surface area contributed by atoms with E-state index in [4.69, 9.17) is 5.11 Å². The molecule has 0 radical (unpaired) electrons. The summed E-state index contributed by atoms with van der Waals surface area (Å²) in [4.78, 5) is 22.9. The molecule has 0 aliphatic heterocycles. The van der Waals surface area contributed by atoms with Gasteiger partial charge in [0.2, 0.25) is 0 Å². The smallest absolute Gasteiger partial charge is 0.335 e. The lowest BCUT2D eigenvalue weighted by atomic mass is 10.1. The number of hydrogen-bond donors (Lipinski definition) is 2. The maximum atomic E-state index is 12.0. The van der Waals surface area contributed by atoms with E-state index < -0.39 is 5.97 Å². The van der Waals surface area contributed by atoms with Crippen molar-refractivity contribution >= 4 is 17.6 Å². The van der Waals surface area contributed by atoms with Crippen molar-refractivity contribution in [2.24, 2.45) is 0 Å². The lowest BCUT2D eigenvalue weighted by molar-refractivity contribution is 0.0697. The molecule has 2 N–H and O–H groups in total. The summed E-state index contributed by atoms with van der Waals surface area (Å²) in [6.45, 7) is 2.06. The number of carbonyl (C=O) groups excluding carboxylic acids is 1. The SMILES string of the molecule is CCc1ccc(NC(=O)c2cccc(C(=O)O)c2)cc1. The maximum absolute atomic E-state index is 12.0. The number of amides is 1.